The lowest BCUT2D eigenvalue weighted by Crippen LogP contribution is -2.37. The van der Waals surface area contributed by atoms with Gasteiger partial charge in [-0.3, -0.25) is 9.69 Å². The first-order valence-electron chi connectivity index (χ1n) is 10.9. The number of hydrogen-bond acceptors (Lipinski definition) is 8. The molecule has 7 nitrogen and oxygen atoms in total. The Bertz CT molecular complexity index is 1260. The zero-order valence-electron chi connectivity index (χ0n) is 18.7. The second kappa shape index (κ2) is 10.1. The molecule has 2 aromatic carbocycles. The standard InChI is InChI=1S/C23H23F3N2O5S2/c1-15(21(29)33-35(30,31)23(24,25)26)14-28(17-8-9-17)13-12-16-6-10-18(11-7-16)32-22-27-19-4-2-3-5-20(19)34-22/h2-7,10-11,15,17H,8-9,12-14H2,1H3. The van der Waals surface area contributed by atoms with E-state index < -0.39 is 27.5 Å². The van der Waals surface area contributed by atoms with Crippen molar-refractivity contribution in [3.63, 3.8) is 0 Å². The summed E-state index contributed by atoms with van der Waals surface area (Å²) in [4.78, 5) is 18.4. The van der Waals surface area contributed by atoms with Crippen molar-refractivity contribution in [2.45, 2.75) is 37.7 Å². The number of ether oxygens (including phenoxy) is 1. The minimum Gasteiger partial charge on any atom is -0.431 e. The van der Waals surface area contributed by atoms with E-state index >= 15 is 0 Å². The maximum Gasteiger partial charge on any atom is 0.534 e. The highest BCUT2D eigenvalue weighted by Crippen LogP contribution is 2.32. The largest absolute Gasteiger partial charge is 0.534 e. The molecule has 0 N–H and O–H groups in total. The molecule has 35 heavy (non-hydrogen) atoms. The van der Waals surface area contributed by atoms with Crippen LogP contribution >= 0.6 is 11.3 Å². The van der Waals surface area contributed by atoms with E-state index in [1.54, 1.807) is 0 Å². The van der Waals surface area contributed by atoms with Crippen LogP contribution < -0.4 is 4.74 Å². The van der Waals surface area contributed by atoms with Gasteiger partial charge in [-0.1, -0.05) is 42.5 Å². The summed E-state index contributed by atoms with van der Waals surface area (Å²) in [5.74, 6) is -1.80. The van der Waals surface area contributed by atoms with E-state index in [-0.39, 0.29) is 12.6 Å². The average molecular weight is 529 g/mol. The third-order valence-corrected chi connectivity index (χ3v) is 7.40. The Morgan fingerprint density at radius 3 is 2.49 bits per heavy atom. The van der Waals surface area contributed by atoms with E-state index in [1.807, 2.05) is 53.4 Å². The number of alkyl halides is 3. The molecule has 0 radical (unpaired) electrons. The lowest BCUT2D eigenvalue weighted by Gasteiger charge is -2.24. The van der Waals surface area contributed by atoms with Crippen LogP contribution in [0.1, 0.15) is 25.3 Å². The number of thiazole rings is 1. The third kappa shape index (κ3) is 6.50. The molecule has 3 aromatic rings. The highest BCUT2D eigenvalue weighted by molar-refractivity contribution is 7.88. The summed E-state index contributed by atoms with van der Waals surface area (Å²) in [5.41, 5.74) is -3.75. The Morgan fingerprint density at radius 1 is 1.17 bits per heavy atom. The molecule has 0 aliphatic heterocycles. The Hall–Kier alpha value is -2.70. The molecule has 1 atom stereocenters. The van der Waals surface area contributed by atoms with Gasteiger partial charge >= 0.3 is 21.6 Å². The van der Waals surface area contributed by atoms with Crippen molar-refractivity contribution in [2.24, 2.45) is 5.92 Å². The monoisotopic (exact) mass is 528 g/mol. The number of benzene rings is 2. The van der Waals surface area contributed by atoms with E-state index in [1.165, 1.54) is 18.3 Å². The predicted molar refractivity (Wildman–Crippen MR) is 125 cm³/mol. The lowest BCUT2D eigenvalue weighted by atomic mass is 10.1. The highest BCUT2D eigenvalue weighted by Gasteiger charge is 2.50. The maximum atomic E-state index is 12.5. The van der Waals surface area contributed by atoms with E-state index in [2.05, 4.69) is 9.17 Å². The van der Waals surface area contributed by atoms with Crippen LogP contribution in [0.3, 0.4) is 0 Å². The number of aromatic nitrogens is 1. The summed E-state index contributed by atoms with van der Waals surface area (Å²) in [6, 6.07) is 15.5. The zero-order valence-corrected chi connectivity index (χ0v) is 20.3. The predicted octanol–water partition coefficient (Wildman–Crippen LogP) is 5.12. The van der Waals surface area contributed by atoms with Gasteiger partial charge in [0.2, 0.25) is 0 Å². The summed E-state index contributed by atoms with van der Waals surface area (Å²) in [6.45, 7) is 2.03. The van der Waals surface area contributed by atoms with Crippen LogP contribution in [0.2, 0.25) is 0 Å². The molecule has 0 amide bonds. The van der Waals surface area contributed by atoms with Gasteiger partial charge < -0.3 is 8.92 Å². The normalized spacial score (nSPS) is 15.3. The Morgan fingerprint density at radius 2 is 1.86 bits per heavy atom. The summed E-state index contributed by atoms with van der Waals surface area (Å²) in [5, 5.41) is 0.548. The SMILES string of the molecule is CC(CN(CCc1ccc(Oc2nc3ccccc3s2)cc1)C1CC1)C(=O)OS(=O)(=O)C(F)(F)F. The lowest BCUT2D eigenvalue weighted by molar-refractivity contribution is -0.140. The number of nitrogens with zero attached hydrogens (tertiary/aromatic N) is 2. The number of carbonyl (C=O) groups excluding carboxylic acids is 1. The first-order valence-corrected chi connectivity index (χ1v) is 13.2. The van der Waals surface area contributed by atoms with Crippen LogP contribution in [0.4, 0.5) is 13.2 Å². The number of carbonyl (C=O) groups is 1. The van der Waals surface area contributed by atoms with Gasteiger partial charge in [0.05, 0.1) is 16.1 Å². The first-order chi connectivity index (χ1) is 16.5. The number of para-hydroxylation sites is 1. The van der Waals surface area contributed by atoms with Crippen LogP contribution in [0.25, 0.3) is 10.2 Å². The van der Waals surface area contributed by atoms with Crippen LogP contribution in [0.5, 0.6) is 10.9 Å². The quantitative estimate of drug-likeness (QED) is 0.267. The molecule has 0 spiro atoms. The molecule has 1 heterocycles. The van der Waals surface area contributed by atoms with E-state index in [9.17, 15) is 26.4 Å². The van der Waals surface area contributed by atoms with Crippen molar-refractivity contribution >= 4 is 37.6 Å². The molecule has 0 saturated heterocycles. The Balaban J connectivity index is 1.31. The molecule has 4 rings (SSSR count). The van der Waals surface area contributed by atoms with Crippen molar-refractivity contribution < 1.29 is 35.3 Å². The summed E-state index contributed by atoms with van der Waals surface area (Å²) in [7, 11) is -5.96. The molecule has 188 valence electrons. The number of fused-ring (bicyclic) bond motifs is 1. The molecule has 1 aliphatic rings. The molecular formula is C23H23F3N2O5S2. The molecule has 0 bridgehead atoms. The van der Waals surface area contributed by atoms with Gasteiger partial charge in [0, 0.05) is 19.1 Å². The molecule has 1 aromatic heterocycles. The fourth-order valence-corrected chi connectivity index (χ4v) is 4.83. The van der Waals surface area contributed by atoms with Crippen LogP contribution in [-0.4, -0.2) is 48.9 Å². The average Bonchev–Trinajstić information content (AvgIpc) is 3.55. The Kier molecular flexibility index (Phi) is 7.34. The number of rotatable bonds is 10. The first kappa shape index (κ1) is 25.4. The molecule has 1 fully saturated rings. The molecular weight excluding hydrogens is 505 g/mol. The summed E-state index contributed by atoms with van der Waals surface area (Å²) >= 11 is 1.46. The van der Waals surface area contributed by atoms with Crippen molar-refractivity contribution in [2.75, 3.05) is 13.1 Å². The van der Waals surface area contributed by atoms with E-state index in [0.29, 0.717) is 23.9 Å². The van der Waals surface area contributed by atoms with Crippen LogP contribution in [0, 0.1) is 5.92 Å². The van der Waals surface area contributed by atoms with Gasteiger partial charge in [0.15, 0.2) is 0 Å². The van der Waals surface area contributed by atoms with Crippen molar-refractivity contribution in [1.82, 2.24) is 9.88 Å². The third-order valence-electron chi connectivity index (χ3n) is 5.54. The number of hydrogen-bond donors (Lipinski definition) is 0. The minimum absolute atomic E-state index is 0.107. The van der Waals surface area contributed by atoms with Gasteiger partial charge in [-0.25, -0.2) is 4.98 Å². The van der Waals surface area contributed by atoms with Gasteiger partial charge in [-0.05, 0) is 49.1 Å². The van der Waals surface area contributed by atoms with Gasteiger partial charge in [-0.2, -0.15) is 21.6 Å². The van der Waals surface area contributed by atoms with Gasteiger partial charge in [0.1, 0.15) is 5.75 Å². The van der Waals surface area contributed by atoms with Crippen molar-refractivity contribution in [3.8, 4) is 10.9 Å². The fraction of sp³-hybridized carbons (Fsp3) is 0.391. The fourth-order valence-electron chi connectivity index (χ4n) is 3.52. The van der Waals surface area contributed by atoms with Crippen molar-refractivity contribution in [1.29, 1.82) is 0 Å². The molecule has 1 aliphatic carbocycles. The van der Waals surface area contributed by atoms with Gasteiger partial charge in [0.25, 0.3) is 5.19 Å². The molecule has 1 unspecified atom stereocenters. The summed E-state index contributed by atoms with van der Waals surface area (Å²) < 4.78 is 70.3. The second-order valence-electron chi connectivity index (χ2n) is 8.37. The number of halogens is 3. The summed E-state index contributed by atoms with van der Waals surface area (Å²) in [6.07, 6.45) is 2.47. The second-order valence-corrected chi connectivity index (χ2v) is 10.9. The van der Waals surface area contributed by atoms with E-state index in [0.717, 1.165) is 28.6 Å². The maximum absolute atomic E-state index is 12.5. The molecule has 1 saturated carbocycles. The Labute approximate surface area is 204 Å². The van der Waals surface area contributed by atoms with Crippen LogP contribution in [0.15, 0.2) is 48.5 Å². The van der Waals surface area contributed by atoms with Crippen molar-refractivity contribution in [3.05, 3.63) is 54.1 Å². The van der Waals surface area contributed by atoms with Gasteiger partial charge in [-0.15, -0.1) is 0 Å². The van der Waals surface area contributed by atoms with E-state index in [4.69, 9.17) is 4.74 Å². The minimum atomic E-state index is -5.96. The van der Waals surface area contributed by atoms with Crippen LogP contribution in [-0.2, 0) is 25.5 Å². The highest BCUT2D eigenvalue weighted by atomic mass is 32.2. The topological polar surface area (TPSA) is 85.8 Å². The smallest absolute Gasteiger partial charge is 0.431 e. The molecule has 12 heteroatoms. The zero-order chi connectivity index (χ0) is 25.2.